The van der Waals surface area contributed by atoms with Gasteiger partial charge in [0.05, 0.1) is 18.4 Å². The van der Waals surface area contributed by atoms with Gasteiger partial charge in [0.15, 0.2) is 0 Å². The van der Waals surface area contributed by atoms with E-state index in [-0.39, 0.29) is 35.9 Å². The molecule has 0 atom stereocenters. The van der Waals surface area contributed by atoms with Gasteiger partial charge in [0.2, 0.25) is 11.8 Å². The van der Waals surface area contributed by atoms with E-state index in [2.05, 4.69) is 0 Å². The van der Waals surface area contributed by atoms with Crippen LogP contribution in [0.3, 0.4) is 0 Å². The minimum atomic E-state index is -1.19. The van der Waals surface area contributed by atoms with Crippen molar-refractivity contribution in [1.82, 2.24) is 0 Å². The number of amides is 2. The maximum atomic E-state index is 12.1. The first-order chi connectivity index (χ1) is 9.54. The van der Waals surface area contributed by atoms with E-state index in [0.717, 1.165) is 4.90 Å². The van der Waals surface area contributed by atoms with Crippen LogP contribution in [0.2, 0.25) is 0 Å². The van der Waals surface area contributed by atoms with Crippen molar-refractivity contribution in [3.8, 4) is 5.75 Å². The molecule has 0 spiro atoms. The quantitative estimate of drug-likeness (QED) is 0.852. The molecule has 0 unspecified atom stereocenters. The van der Waals surface area contributed by atoms with Crippen molar-refractivity contribution in [2.24, 2.45) is 0 Å². The molecule has 0 aromatic heterocycles. The highest BCUT2D eigenvalue weighted by atomic mass is 16.5. The maximum Gasteiger partial charge on any atom is 0.337 e. The Labute approximate surface area is 115 Å². The predicted molar refractivity (Wildman–Crippen MR) is 70.9 cm³/mol. The minimum absolute atomic E-state index is 0.0775. The first kappa shape index (κ1) is 14.0. The average molecular weight is 277 g/mol. The summed E-state index contributed by atoms with van der Waals surface area (Å²) in [6, 6.07) is 4.23. The van der Waals surface area contributed by atoms with Gasteiger partial charge in [-0.2, -0.15) is 0 Å². The molecule has 1 fully saturated rings. The average Bonchev–Trinajstić information content (AvgIpc) is 2.59. The zero-order valence-electron chi connectivity index (χ0n) is 11.1. The van der Waals surface area contributed by atoms with Gasteiger partial charge in [-0.15, -0.1) is 0 Å². The highest BCUT2D eigenvalue weighted by Gasteiger charge is 2.29. The van der Waals surface area contributed by atoms with Gasteiger partial charge in [-0.25, -0.2) is 9.69 Å². The summed E-state index contributed by atoms with van der Waals surface area (Å²) in [5, 5.41) is 9.21. The standard InChI is InChI=1S/C14H15NO5/c1-20-9-6-7-10(14(18)19)11(8-9)15-12(16)4-2-3-5-13(15)17/h6-8H,2-5H2,1H3,(H,18,19). The lowest BCUT2D eigenvalue weighted by Gasteiger charge is -2.21. The molecule has 0 radical (unpaired) electrons. The molecule has 6 nitrogen and oxygen atoms in total. The van der Waals surface area contributed by atoms with Crippen LogP contribution in [0.15, 0.2) is 18.2 Å². The van der Waals surface area contributed by atoms with Crippen LogP contribution in [-0.2, 0) is 9.59 Å². The van der Waals surface area contributed by atoms with E-state index >= 15 is 0 Å². The summed E-state index contributed by atoms with van der Waals surface area (Å²) < 4.78 is 5.04. The normalized spacial score (nSPS) is 15.9. The number of carboxylic acid groups (broad SMARTS) is 1. The molecule has 1 saturated heterocycles. The fourth-order valence-electron chi connectivity index (χ4n) is 2.19. The Morgan fingerprint density at radius 2 is 1.80 bits per heavy atom. The maximum absolute atomic E-state index is 12.1. The Balaban J connectivity index is 2.55. The third kappa shape index (κ3) is 2.64. The number of rotatable bonds is 3. The number of methoxy groups -OCH3 is 1. The third-order valence-electron chi connectivity index (χ3n) is 3.21. The van der Waals surface area contributed by atoms with Crippen LogP contribution in [0.25, 0.3) is 0 Å². The van der Waals surface area contributed by atoms with Gasteiger partial charge in [0, 0.05) is 18.9 Å². The zero-order chi connectivity index (χ0) is 14.7. The molecule has 0 aliphatic carbocycles. The highest BCUT2D eigenvalue weighted by molar-refractivity contribution is 6.18. The summed E-state index contributed by atoms with van der Waals surface area (Å²) in [6.45, 7) is 0. The molecular weight excluding hydrogens is 262 g/mol. The number of hydrogen-bond donors (Lipinski definition) is 1. The van der Waals surface area contributed by atoms with E-state index < -0.39 is 5.97 Å². The number of ether oxygens (including phenoxy) is 1. The van der Waals surface area contributed by atoms with Gasteiger partial charge in [0.25, 0.3) is 0 Å². The van der Waals surface area contributed by atoms with Gasteiger partial charge < -0.3 is 9.84 Å². The number of nitrogens with zero attached hydrogens (tertiary/aromatic N) is 1. The summed E-state index contributed by atoms with van der Waals surface area (Å²) in [6.07, 6.45) is 1.74. The SMILES string of the molecule is COc1ccc(C(=O)O)c(N2C(=O)CCCCC2=O)c1. The van der Waals surface area contributed by atoms with Crippen LogP contribution < -0.4 is 9.64 Å². The predicted octanol–water partition coefficient (Wildman–Crippen LogP) is 1.83. The van der Waals surface area contributed by atoms with Crippen molar-refractivity contribution in [2.45, 2.75) is 25.7 Å². The van der Waals surface area contributed by atoms with Gasteiger partial charge in [-0.1, -0.05) is 0 Å². The molecular formula is C14H15NO5. The molecule has 1 aromatic carbocycles. The van der Waals surface area contributed by atoms with Gasteiger partial charge >= 0.3 is 5.97 Å². The molecule has 1 N–H and O–H groups in total. The van der Waals surface area contributed by atoms with Gasteiger partial charge in [-0.3, -0.25) is 9.59 Å². The number of carbonyl (C=O) groups excluding carboxylic acids is 2. The van der Waals surface area contributed by atoms with E-state index in [1.54, 1.807) is 0 Å². The van der Waals surface area contributed by atoms with E-state index in [4.69, 9.17) is 4.74 Å². The molecule has 2 amide bonds. The van der Waals surface area contributed by atoms with Crippen molar-refractivity contribution < 1.29 is 24.2 Å². The van der Waals surface area contributed by atoms with Gasteiger partial charge in [0.1, 0.15) is 5.75 Å². The van der Waals surface area contributed by atoms with Crippen molar-refractivity contribution in [2.75, 3.05) is 12.0 Å². The van der Waals surface area contributed by atoms with E-state index in [0.29, 0.717) is 18.6 Å². The Bertz CT molecular complexity index is 549. The largest absolute Gasteiger partial charge is 0.497 e. The number of benzene rings is 1. The first-order valence-electron chi connectivity index (χ1n) is 6.31. The molecule has 1 heterocycles. The number of imide groups is 1. The van der Waals surface area contributed by atoms with Crippen LogP contribution >= 0.6 is 0 Å². The monoisotopic (exact) mass is 277 g/mol. The first-order valence-corrected chi connectivity index (χ1v) is 6.31. The Morgan fingerprint density at radius 3 is 2.30 bits per heavy atom. The molecule has 1 aromatic rings. The third-order valence-corrected chi connectivity index (χ3v) is 3.21. The molecule has 6 heteroatoms. The number of carbonyl (C=O) groups is 3. The van der Waals surface area contributed by atoms with E-state index in [1.807, 2.05) is 0 Å². The molecule has 1 aliphatic rings. The van der Waals surface area contributed by atoms with E-state index in [1.165, 1.54) is 25.3 Å². The highest BCUT2D eigenvalue weighted by Crippen LogP contribution is 2.29. The summed E-state index contributed by atoms with van der Waals surface area (Å²) in [7, 11) is 1.44. The Kier molecular flexibility index (Phi) is 4.02. The Morgan fingerprint density at radius 1 is 1.20 bits per heavy atom. The molecule has 20 heavy (non-hydrogen) atoms. The van der Waals surface area contributed by atoms with Crippen molar-refractivity contribution in [1.29, 1.82) is 0 Å². The molecule has 0 bridgehead atoms. The number of aromatic carboxylic acids is 1. The lowest BCUT2D eigenvalue weighted by Crippen LogP contribution is -2.36. The number of hydrogen-bond acceptors (Lipinski definition) is 4. The van der Waals surface area contributed by atoms with E-state index in [9.17, 15) is 19.5 Å². The lowest BCUT2D eigenvalue weighted by molar-refractivity contribution is -0.125. The second kappa shape index (κ2) is 5.73. The Hall–Kier alpha value is -2.37. The number of anilines is 1. The van der Waals surface area contributed by atoms with Crippen molar-refractivity contribution in [3.05, 3.63) is 23.8 Å². The van der Waals surface area contributed by atoms with Crippen LogP contribution in [-0.4, -0.2) is 30.0 Å². The molecule has 2 rings (SSSR count). The molecule has 0 saturated carbocycles. The molecule has 1 aliphatic heterocycles. The van der Waals surface area contributed by atoms with Crippen LogP contribution in [0.1, 0.15) is 36.0 Å². The van der Waals surface area contributed by atoms with Crippen LogP contribution in [0.4, 0.5) is 5.69 Å². The van der Waals surface area contributed by atoms with Crippen LogP contribution in [0.5, 0.6) is 5.75 Å². The fraction of sp³-hybridized carbons (Fsp3) is 0.357. The zero-order valence-corrected chi connectivity index (χ0v) is 11.1. The van der Waals surface area contributed by atoms with Crippen molar-refractivity contribution in [3.63, 3.8) is 0 Å². The molecule has 106 valence electrons. The summed E-state index contributed by atoms with van der Waals surface area (Å²) >= 11 is 0. The topological polar surface area (TPSA) is 83.9 Å². The second-order valence-corrected chi connectivity index (χ2v) is 4.52. The second-order valence-electron chi connectivity index (χ2n) is 4.52. The smallest absolute Gasteiger partial charge is 0.337 e. The van der Waals surface area contributed by atoms with Crippen molar-refractivity contribution >= 4 is 23.5 Å². The van der Waals surface area contributed by atoms with Crippen LogP contribution in [0, 0.1) is 0 Å². The van der Waals surface area contributed by atoms with Gasteiger partial charge in [-0.05, 0) is 25.0 Å². The lowest BCUT2D eigenvalue weighted by atomic mass is 10.1. The fourth-order valence-corrected chi connectivity index (χ4v) is 2.19. The summed E-state index contributed by atoms with van der Waals surface area (Å²) in [5.41, 5.74) is -0.0110. The minimum Gasteiger partial charge on any atom is -0.497 e. The summed E-state index contributed by atoms with van der Waals surface area (Å²) in [5.74, 6) is -1.53. The number of carboxylic acids is 1. The summed E-state index contributed by atoms with van der Waals surface area (Å²) in [4.78, 5) is 36.4.